The van der Waals surface area contributed by atoms with Gasteiger partial charge in [-0.15, -0.1) is 0 Å². The number of amides is 4. The van der Waals surface area contributed by atoms with Crippen LogP contribution in [0.15, 0.2) is 30.5 Å². The number of benzene rings is 1. The highest BCUT2D eigenvalue weighted by atomic mass is 16.5. The number of piperidine rings is 1. The van der Waals surface area contributed by atoms with Crippen LogP contribution in [-0.2, 0) is 14.3 Å². The van der Waals surface area contributed by atoms with Gasteiger partial charge in [0.1, 0.15) is 11.8 Å². The van der Waals surface area contributed by atoms with Gasteiger partial charge >= 0.3 is 0 Å². The summed E-state index contributed by atoms with van der Waals surface area (Å²) >= 11 is 0. The minimum Gasteiger partial charge on any atom is -0.483 e. The van der Waals surface area contributed by atoms with Crippen LogP contribution in [0.1, 0.15) is 118 Å². The maximum absolute atomic E-state index is 13.2. The molecule has 9 heteroatoms. The van der Waals surface area contributed by atoms with Crippen LogP contribution in [0.25, 0.3) is 0 Å². The molecular formula is C32H47N3O6. The molecule has 2 aliphatic rings. The number of ether oxygens (including phenoxy) is 2. The standard InChI is InChI=1S/C32H47N3O6/c1-3-4-5-10-13-21-40-22-14-11-8-6-7-9-12-20-33-28(36)23-41-27-17-15-16-25-29(27)32(39)35(31(25)38)26-19-18-24(2)34-30(26)37/h15-17,26H,2-14,18-23H2,1H3,(H,33,36)(H,34,37). The number of carbonyl (C=O) groups excluding carboxylic acids is 4. The lowest BCUT2D eigenvalue weighted by Crippen LogP contribution is -2.51. The molecule has 9 nitrogen and oxygen atoms in total. The molecule has 0 aromatic heterocycles. The molecule has 3 rings (SSSR count). The lowest BCUT2D eigenvalue weighted by Gasteiger charge is -2.29. The lowest BCUT2D eigenvalue weighted by atomic mass is 10.0. The van der Waals surface area contributed by atoms with Crippen LogP contribution in [0.2, 0.25) is 0 Å². The first-order chi connectivity index (χ1) is 19.9. The normalized spacial score (nSPS) is 16.6. The molecule has 41 heavy (non-hydrogen) atoms. The molecule has 2 heterocycles. The first kappa shape index (κ1) is 32.3. The minimum atomic E-state index is -0.895. The average molecular weight is 570 g/mol. The predicted molar refractivity (Wildman–Crippen MR) is 158 cm³/mol. The second-order valence-corrected chi connectivity index (χ2v) is 10.9. The fourth-order valence-corrected chi connectivity index (χ4v) is 5.23. The first-order valence-corrected chi connectivity index (χ1v) is 15.4. The maximum atomic E-state index is 13.2. The van der Waals surface area contributed by atoms with Crippen molar-refractivity contribution in [2.24, 2.45) is 0 Å². The number of unbranched alkanes of at least 4 members (excludes halogenated alkanes) is 10. The summed E-state index contributed by atoms with van der Waals surface area (Å²) in [5, 5.41) is 5.47. The van der Waals surface area contributed by atoms with Crippen LogP contribution in [0.3, 0.4) is 0 Å². The van der Waals surface area contributed by atoms with E-state index in [1.807, 2.05) is 0 Å². The van der Waals surface area contributed by atoms with Crippen LogP contribution in [0.5, 0.6) is 5.75 Å². The number of nitrogens with zero attached hydrogens (tertiary/aromatic N) is 1. The van der Waals surface area contributed by atoms with E-state index in [9.17, 15) is 19.2 Å². The van der Waals surface area contributed by atoms with Crippen LogP contribution in [0, 0.1) is 0 Å². The highest BCUT2D eigenvalue weighted by Crippen LogP contribution is 2.34. The van der Waals surface area contributed by atoms with Crippen molar-refractivity contribution in [2.75, 3.05) is 26.4 Å². The Morgan fingerprint density at radius 3 is 2.29 bits per heavy atom. The quantitative estimate of drug-likeness (QED) is 0.163. The molecule has 1 saturated heterocycles. The third kappa shape index (κ3) is 9.99. The van der Waals surface area contributed by atoms with Crippen molar-refractivity contribution < 1.29 is 28.7 Å². The molecule has 1 unspecified atom stereocenters. The summed E-state index contributed by atoms with van der Waals surface area (Å²) in [6, 6.07) is 3.80. The topological polar surface area (TPSA) is 114 Å². The van der Waals surface area contributed by atoms with E-state index < -0.39 is 23.8 Å². The highest BCUT2D eigenvalue weighted by molar-refractivity contribution is 6.24. The van der Waals surface area contributed by atoms with Gasteiger partial charge in [-0.25, -0.2) is 0 Å². The van der Waals surface area contributed by atoms with Crippen molar-refractivity contribution in [1.29, 1.82) is 0 Å². The Balaban J connectivity index is 1.26. The smallest absolute Gasteiger partial charge is 0.266 e. The van der Waals surface area contributed by atoms with Crippen LogP contribution < -0.4 is 15.4 Å². The molecule has 0 saturated carbocycles. The van der Waals surface area contributed by atoms with E-state index in [-0.39, 0.29) is 29.4 Å². The van der Waals surface area contributed by atoms with Gasteiger partial charge in [-0.1, -0.05) is 77.4 Å². The van der Waals surface area contributed by atoms with Crippen LogP contribution in [-0.4, -0.2) is 60.9 Å². The molecule has 0 spiro atoms. The average Bonchev–Trinajstić information content (AvgIpc) is 3.21. The lowest BCUT2D eigenvalue weighted by molar-refractivity contribution is -0.125. The van der Waals surface area contributed by atoms with E-state index in [1.54, 1.807) is 12.1 Å². The second-order valence-electron chi connectivity index (χ2n) is 10.9. The van der Waals surface area contributed by atoms with Gasteiger partial charge in [-0.3, -0.25) is 24.1 Å². The van der Waals surface area contributed by atoms with Gasteiger partial charge in [-0.05, 0) is 44.2 Å². The molecule has 2 N–H and O–H groups in total. The summed E-state index contributed by atoms with van der Waals surface area (Å²) in [6.07, 6.45) is 15.0. The molecule has 0 bridgehead atoms. The number of allylic oxidation sites excluding steroid dienone is 1. The Bertz CT molecular complexity index is 1060. The fourth-order valence-electron chi connectivity index (χ4n) is 5.23. The Morgan fingerprint density at radius 1 is 0.951 bits per heavy atom. The largest absolute Gasteiger partial charge is 0.483 e. The summed E-state index contributed by atoms with van der Waals surface area (Å²) in [4.78, 5) is 51.8. The van der Waals surface area contributed by atoms with E-state index in [0.717, 1.165) is 43.8 Å². The zero-order valence-corrected chi connectivity index (χ0v) is 24.6. The molecule has 1 aromatic rings. The Kier molecular flexibility index (Phi) is 13.9. The number of imide groups is 1. The monoisotopic (exact) mass is 569 g/mol. The van der Waals surface area contributed by atoms with E-state index in [2.05, 4.69) is 24.1 Å². The summed E-state index contributed by atoms with van der Waals surface area (Å²) in [7, 11) is 0. The van der Waals surface area contributed by atoms with Gasteiger partial charge in [0, 0.05) is 25.5 Å². The zero-order chi connectivity index (χ0) is 29.5. The van der Waals surface area contributed by atoms with Crippen molar-refractivity contribution in [3.05, 3.63) is 41.6 Å². The molecule has 0 radical (unpaired) electrons. The van der Waals surface area contributed by atoms with Crippen molar-refractivity contribution >= 4 is 23.6 Å². The molecule has 226 valence electrons. The number of rotatable bonds is 20. The molecule has 1 aromatic carbocycles. The second kappa shape index (κ2) is 17.6. The van der Waals surface area contributed by atoms with Crippen LogP contribution >= 0.6 is 0 Å². The summed E-state index contributed by atoms with van der Waals surface area (Å²) in [5.74, 6) is -1.66. The number of fused-ring (bicyclic) bond motifs is 1. The van der Waals surface area contributed by atoms with Gasteiger partial charge < -0.3 is 20.1 Å². The number of hydrogen-bond donors (Lipinski definition) is 2. The molecule has 0 aliphatic carbocycles. The molecule has 2 aliphatic heterocycles. The first-order valence-electron chi connectivity index (χ1n) is 15.4. The Morgan fingerprint density at radius 2 is 1.61 bits per heavy atom. The molecule has 1 atom stereocenters. The number of carbonyl (C=O) groups is 4. The Hall–Kier alpha value is -3.20. The van der Waals surface area contributed by atoms with E-state index in [4.69, 9.17) is 9.47 Å². The molecule has 4 amide bonds. The maximum Gasteiger partial charge on any atom is 0.266 e. The Labute approximate surface area is 244 Å². The van der Waals surface area contributed by atoms with Crippen molar-refractivity contribution in [2.45, 2.75) is 103 Å². The number of hydrogen-bond acceptors (Lipinski definition) is 6. The summed E-state index contributed by atoms with van der Waals surface area (Å²) in [5.41, 5.74) is 0.838. The van der Waals surface area contributed by atoms with Crippen molar-refractivity contribution in [3.8, 4) is 5.75 Å². The van der Waals surface area contributed by atoms with Crippen molar-refractivity contribution in [3.63, 3.8) is 0 Å². The zero-order valence-electron chi connectivity index (χ0n) is 24.6. The van der Waals surface area contributed by atoms with Gasteiger partial charge in [0.25, 0.3) is 17.7 Å². The SMILES string of the molecule is C=C1CCC(N2C(=O)c3cccc(OCC(=O)NCCCCCCCCCOCCCCCCC)c3C2=O)C(=O)N1. The fraction of sp³-hybridized carbons (Fsp3) is 0.625. The third-order valence-corrected chi connectivity index (χ3v) is 7.58. The third-order valence-electron chi connectivity index (χ3n) is 7.58. The van der Waals surface area contributed by atoms with Crippen LogP contribution in [0.4, 0.5) is 0 Å². The predicted octanol–water partition coefficient (Wildman–Crippen LogP) is 5.29. The van der Waals surface area contributed by atoms with Crippen molar-refractivity contribution in [1.82, 2.24) is 15.5 Å². The van der Waals surface area contributed by atoms with Gasteiger partial charge in [0.15, 0.2) is 6.61 Å². The van der Waals surface area contributed by atoms with E-state index >= 15 is 0 Å². The molecule has 1 fully saturated rings. The van der Waals surface area contributed by atoms with Gasteiger partial charge in [0.05, 0.1) is 11.1 Å². The van der Waals surface area contributed by atoms with E-state index in [0.29, 0.717) is 25.1 Å². The highest BCUT2D eigenvalue weighted by Gasteiger charge is 2.45. The summed E-state index contributed by atoms with van der Waals surface area (Å²) in [6.45, 7) is 8.03. The van der Waals surface area contributed by atoms with Gasteiger partial charge in [0.2, 0.25) is 5.91 Å². The molecular weight excluding hydrogens is 522 g/mol. The van der Waals surface area contributed by atoms with E-state index in [1.165, 1.54) is 57.4 Å². The van der Waals surface area contributed by atoms with Gasteiger partial charge in [-0.2, -0.15) is 0 Å². The summed E-state index contributed by atoms with van der Waals surface area (Å²) < 4.78 is 11.4. The number of nitrogens with one attached hydrogen (secondary N) is 2. The minimum absolute atomic E-state index is 0.0940.